The van der Waals surface area contributed by atoms with Gasteiger partial charge in [-0.1, -0.05) is 12.1 Å². The number of rotatable bonds is 4. The maximum atomic E-state index is 12.9. The normalized spacial score (nSPS) is 11.0. The fourth-order valence-electron chi connectivity index (χ4n) is 2.99. The van der Waals surface area contributed by atoms with Gasteiger partial charge in [0.2, 0.25) is 0 Å². The van der Waals surface area contributed by atoms with E-state index in [9.17, 15) is 22.8 Å². The summed E-state index contributed by atoms with van der Waals surface area (Å²) in [5, 5.41) is 0. The molecule has 0 unspecified atom stereocenters. The second-order valence-electron chi connectivity index (χ2n) is 6.89. The first-order chi connectivity index (χ1) is 16.3. The van der Waals surface area contributed by atoms with Crippen LogP contribution in [0.2, 0.25) is 0 Å². The van der Waals surface area contributed by atoms with Crippen molar-refractivity contribution >= 4 is 11.8 Å². The van der Waals surface area contributed by atoms with Gasteiger partial charge in [-0.25, -0.2) is 9.97 Å². The van der Waals surface area contributed by atoms with Gasteiger partial charge in [0.15, 0.2) is 5.82 Å². The zero-order valence-electron chi connectivity index (χ0n) is 17.2. The van der Waals surface area contributed by atoms with Crippen molar-refractivity contribution in [3.05, 3.63) is 96.1 Å². The Hall–Kier alpha value is -4.67. The maximum Gasteiger partial charge on any atom is 0.416 e. The summed E-state index contributed by atoms with van der Waals surface area (Å²) < 4.78 is 38.7. The lowest BCUT2D eigenvalue weighted by Crippen LogP contribution is -2.42. The first kappa shape index (κ1) is 22.5. The molecule has 0 fully saturated rings. The number of carbonyl (C=O) groups is 2. The molecule has 170 valence electrons. The number of hydrazine groups is 1. The molecule has 0 saturated heterocycles. The predicted molar refractivity (Wildman–Crippen MR) is 115 cm³/mol. The number of hydrogen-bond acceptors (Lipinski definition) is 6. The fourth-order valence-corrected chi connectivity index (χ4v) is 2.99. The van der Waals surface area contributed by atoms with Crippen LogP contribution >= 0.6 is 0 Å². The summed E-state index contributed by atoms with van der Waals surface area (Å²) in [7, 11) is 0. The minimum Gasteiger partial charge on any atom is -0.267 e. The molecule has 34 heavy (non-hydrogen) atoms. The van der Waals surface area contributed by atoms with Gasteiger partial charge in [-0.2, -0.15) is 13.2 Å². The van der Waals surface area contributed by atoms with E-state index in [-0.39, 0.29) is 22.6 Å². The Labute approximate surface area is 190 Å². The summed E-state index contributed by atoms with van der Waals surface area (Å²) in [6.07, 6.45) is 1.29. The molecular weight excluding hydrogens is 449 g/mol. The molecule has 4 rings (SSSR count). The second kappa shape index (κ2) is 9.45. The van der Waals surface area contributed by atoms with Crippen molar-refractivity contribution in [1.82, 2.24) is 30.8 Å². The van der Waals surface area contributed by atoms with Crippen LogP contribution in [-0.2, 0) is 6.18 Å². The van der Waals surface area contributed by atoms with Crippen molar-refractivity contribution in [3.63, 3.8) is 0 Å². The molecule has 0 spiro atoms. The number of pyridine rings is 2. The highest BCUT2D eigenvalue weighted by atomic mass is 19.4. The topological polar surface area (TPSA) is 110 Å². The Balaban J connectivity index is 1.59. The molecule has 0 aliphatic rings. The van der Waals surface area contributed by atoms with E-state index in [0.717, 1.165) is 12.1 Å². The molecule has 0 saturated carbocycles. The summed E-state index contributed by atoms with van der Waals surface area (Å²) in [5.41, 5.74) is 4.38. The highest BCUT2D eigenvalue weighted by Gasteiger charge is 2.31. The van der Waals surface area contributed by atoms with Gasteiger partial charge >= 0.3 is 6.18 Å². The van der Waals surface area contributed by atoms with E-state index in [1.54, 1.807) is 36.5 Å². The number of alkyl halides is 3. The van der Waals surface area contributed by atoms with Gasteiger partial charge < -0.3 is 0 Å². The Morgan fingerprint density at radius 2 is 1.59 bits per heavy atom. The highest BCUT2D eigenvalue weighted by Crippen LogP contribution is 2.29. The maximum absolute atomic E-state index is 12.9. The lowest BCUT2D eigenvalue weighted by Gasteiger charge is -2.12. The molecule has 3 aromatic heterocycles. The monoisotopic (exact) mass is 464 g/mol. The first-order valence-electron chi connectivity index (χ1n) is 9.80. The Morgan fingerprint density at radius 1 is 0.824 bits per heavy atom. The van der Waals surface area contributed by atoms with Gasteiger partial charge in [-0.15, -0.1) is 0 Å². The number of carbonyl (C=O) groups excluding carboxylic acids is 2. The van der Waals surface area contributed by atoms with Gasteiger partial charge in [0.25, 0.3) is 11.8 Å². The second-order valence-corrected chi connectivity index (χ2v) is 6.89. The largest absolute Gasteiger partial charge is 0.416 e. The number of aromatic nitrogens is 4. The van der Waals surface area contributed by atoms with Crippen LogP contribution in [0.5, 0.6) is 0 Å². The van der Waals surface area contributed by atoms with Crippen LogP contribution in [0.1, 0.15) is 26.3 Å². The molecule has 4 aromatic rings. The van der Waals surface area contributed by atoms with Crippen LogP contribution in [0.3, 0.4) is 0 Å². The SMILES string of the molecule is O=C(NNC(=O)c1cnc(-c2ccccn2)nc1-c1ccncc1)c1cccc(C(F)(F)F)c1. The molecule has 11 heteroatoms. The summed E-state index contributed by atoms with van der Waals surface area (Å²) in [5.74, 6) is -1.41. The quantitative estimate of drug-likeness (QED) is 0.446. The lowest BCUT2D eigenvalue weighted by atomic mass is 10.1. The summed E-state index contributed by atoms with van der Waals surface area (Å²) in [6.45, 7) is 0. The van der Waals surface area contributed by atoms with E-state index in [0.29, 0.717) is 17.3 Å². The minimum atomic E-state index is -4.61. The van der Waals surface area contributed by atoms with Crippen molar-refractivity contribution in [2.24, 2.45) is 0 Å². The van der Waals surface area contributed by atoms with Crippen molar-refractivity contribution in [2.45, 2.75) is 6.18 Å². The smallest absolute Gasteiger partial charge is 0.267 e. The molecule has 0 radical (unpaired) electrons. The molecule has 3 heterocycles. The average molecular weight is 464 g/mol. The fraction of sp³-hybridized carbons (Fsp3) is 0.0435. The zero-order valence-corrected chi connectivity index (χ0v) is 17.2. The number of nitrogens with one attached hydrogen (secondary N) is 2. The Kier molecular flexibility index (Phi) is 6.26. The molecule has 1 aromatic carbocycles. The average Bonchev–Trinajstić information content (AvgIpc) is 2.87. The van der Waals surface area contributed by atoms with Crippen molar-refractivity contribution < 1.29 is 22.8 Å². The van der Waals surface area contributed by atoms with Crippen LogP contribution in [0, 0.1) is 0 Å². The van der Waals surface area contributed by atoms with Gasteiger partial charge in [-0.05, 0) is 42.5 Å². The Morgan fingerprint density at radius 3 is 2.29 bits per heavy atom. The van der Waals surface area contributed by atoms with Crippen LogP contribution in [-0.4, -0.2) is 31.8 Å². The van der Waals surface area contributed by atoms with E-state index in [2.05, 4.69) is 30.8 Å². The molecular formula is C23H15F3N6O2. The molecule has 0 aliphatic heterocycles. The summed E-state index contributed by atoms with van der Waals surface area (Å²) in [6, 6.07) is 12.3. The number of halogens is 3. The number of amides is 2. The highest BCUT2D eigenvalue weighted by molar-refractivity contribution is 6.02. The predicted octanol–water partition coefficient (Wildman–Crippen LogP) is 3.69. The third-order valence-corrected chi connectivity index (χ3v) is 4.62. The van der Waals surface area contributed by atoms with Gasteiger partial charge in [0.05, 0.1) is 16.8 Å². The van der Waals surface area contributed by atoms with Crippen molar-refractivity contribution in [1.29, 1.82) is 0 Å². The van der Waals surface area contributed by atoms with E-state index < -0.39 is 23.6 Å². The number of benzene rings is 1. The van der Waals surface area contributed by atoms with Gasteiger partial charge in [0.1, 0.15) is 5.69 Å². The van der Waals surface area contributed by atoms with Crippen LogP contribution in [0.25, 0.3) is 22.8 Å². The molecule has 2 N–H and O–H groups in total. The summed E-state index contributed by atoms with van der Waals surface area (Å²) >= 11 is 0. The summed E-state index contributed by atoms with van der Waals surface area (Å²) in [4.78, 5) is 41.9. The van der Waals surface area contributed by atoms with E-state index in [1.165, 1.54) is 24.7 Å². The first-order valence-corrected chi connectivity index (χ1v) is 9.80. The van der Waals surface area contributed by atoms with E-state index >= 15 is 0 Å². The molecule has 0 aliphatic carbocycles. The van der Waals surface area contributed by atoms with Crippen LogP contribution in [0.4, 0.5) is 13.2 Å². The van der Waals surface area contributed by atoms with E-state index in [1.807, 2.05) is 0 Å². The third kappa shape index (κ3) is 5.04. The molecule has 0 atom stereocenters. The van der Waals surface area contributed by atoms with Crippen LogP contribution < -0.4 is 10.9 Å². The van der Waals surface area contributed by atoms with Gasteiger partial charge in [0, 0.05) is 35.9 Å². The number of hydrogen-bond donors (Lipinski definition) is 2. The lowest BCUT2D eigenvalue weighted by molar-refractivity contribution is -0.137. The van der Waals surface area contributed by atoms with Crippen LogP contribution in [0.15, 0.2) is 79.4 Å². The minimum absolute atomic E-state index is 0.0234. The molecule has 0 bridgehead atoms. The van der Waals surface area contributed by atoms with Crippen molar-refractivity contribution in [3.8, 4) is 22.8 Å². The molecule has 8 nitrogen and oxygen atoms in total. The molecule has 2 amide bonds. The zero-order chi connectivity index (χ0) is 24.1. The van der Waals surface area contributed by atoms with Crippen molar-refractivity contribution in [2.75, 3.05) is 0 Å². The third-order valence-electron chi connectivity index (χ3n) is 4.62. The Bertz CT molecular complexity index is 1330. The standard InChI is InChI=1S/C23H15F3N6O2/c24-23(25,26)16-5-3-4-15(12-16)21(33)31-32-22(34)17-13-29-20(18-6-1-2-9-28-18)30-19(17)14-7-10-27-11-8-14/h1-13H,(H,31,33)(H,32,34). The van der Waals surface area contributed by atoms with Gasteiger partial charge in [-0.3, -0.25) is 30.4 Å². The van der Waals surface area contributed by atoms with E-state index in [4.69, 9.17) is 0 Å². The number of nitrogens with zero attached hydrogens (tertiary/aromatic N) is 4.